The largest absolute Gasteiger partial charge is 0.379 e. The van der Waals surface area contributed by atoms with Crippen LogP contribution in [0, 0.1) is 0 Å². The van der Waals surface area contributed by atoms with Crippen LogP contribution in [0.2, 0.25) is 10.0 Å². The average molecular weight is 599 g/mol. The Kier molecular flexibility index (Phi) is 10.2. The molecule has 9 nitrogen and oxygen atoms in total. The number of likely N-dealkylation sites (N-methyl/N-ethyl adjacent to an activating group) is 1. The second-order valence-electron chi connectivity index (χ2n) is 9.89. The van der Waals surface area contributed by atoms with E-state index in [1.54, 1.807) is 47.2 Å². The summed E-state index contributed by atoms with van der Waals surface area (Å²) in [6.07, 6.45) is 0. The number of nitrogens with zero attached hydrogens (tertiary/aromatic N) is 3. The molecule has 1 saturated heterocycles. The van der Waals surface area contributed by atoms with Crippen molar-refractivity contribution in [1.82, 2.24) is 9.80 Å². The van der Waals surface area contributed by atoms with E-state index >= 15 is 0 Å². The van der Waals surface area contributed by atoms with Crippen LogP contribution in [0.15, 0.2) is 66.7 Å². The Bertz CT molecular complexity index is 1400. The molecule has 1 aliphatic rings. The zero-order chi connectivity index (χ0) is 29.5. The highest BCUT2D eigenvalue weighted by atomic mass is 35.5. The Morgan fingerprint density at radius 3 is 2.24 bits per heavy atom. The standard InChI is InChI=1S/C30H33Cl2N5O4/c1-35(29(39)19-37(18-28(33)38)22-10-11-25(31)26(32)16-22)27(17-36-12-14-41-15-13-36)21-8-6-20(7-9-21)23-4-2-3-5-24(23)30(34)40/h2-11,16,27H,12-15,17-19H2,1H3,(H2,33,38)(H2,34,40). The molecule has 11 heteroatoms. The van der Waals surface area contributed by atoms with Gasteiger partial charge in [0.15, 0.2) is 0 Å². The zero-order valence-electron chi connectivity index (χ0n) is 22.8. The summed E-state index contributed by atoms with van der Waals surface area (Å²) >= 11 is 12.3. The van der Waals surface area contributed by atoms with E-state index in [0.717, 1.165) is 29.8 Å². The molecule has 0 radical (unpaired) electrons. The van der Waals surface area contributed by atoms with Gasteiger partial charge in [-0.3, -0.25) is 19.3 Å². The Labute approximate surface area is 249 Å². The van der Waals surface area contributed by atoms with Crippen molar-refractivity contribution in [2.45, 2.75) is 6.04 Å². The first kappa shape index (κ1) is 30.3. The minimum Gasteiger partial charge on any atom is -0.379 e. The molecular formula is C30H33Cl2N5O4. The van der Waals surface area contributed by atoms with E-state index in [1.165, 1.54) is 0 Å². The summed E-state index contributed by atoms with van der Waals surface area (Å²) in [6, 6.07) is 19.6. The quantitative estimate of drug-likeness (QED) is 0.348. The van der Waals surface area contributed by atoms with Crippen LogP contribution >= 0.6 is 23.2 Å². The average Bonchev–Trinajstić information content (AvgIpc) is 2.97. The van der Waals surface area contributed by atoms with Gasteiger partial charge in [0, 0.05) is 37.9 Å². The van der Waals surface area contributed by atoms with Gasteiger partial charge in [-0.2, -0.15) is 0 Å². The topological polar surface area (TPSA) is 122 Å². The highest BCUT2D eigenvalue weighted by molar-refractivity contribution is 6.42. The van der Waals surface area contributed by atoms with Crippen LogP contribution in [0.1, 0.15) is 22.0 Å². The number of rotatable bonds is 11. The molecule has 0 aliphatic carbocycles. The van der Waals surface area contributed by atoms with E-state index in [1.807, 2.05) is 36.4 Å². The number of anilines is 1. The lowest BCUT2D eigenvalue weighted by Gasteiger charge is -2.36. The minimum atomic E-state index is -0.580. The summed E-state index contributed by atoms with van der Waals surface area (Å²) < 4.78 is 5.52. The van der Waals surface area contributed by atoms with Gasteiger partial charge in [0.1, 0.15) is 0 Å². The summed E-state index contributed by atoms with van der Waals surface area (Å²) in [5, 5.41) is 0.674. The molecule has 216 valence electrons. The molecule has 0 saturated carbocycles. The van der Waals surface area contributed by atoms with Gasteiger partial charge in [0.05, 0.1) is 42.4 Å². The molecule has 3 amide bonds. The van der Waals surface area contributed by atoms with E-state index in [9.17, 15) is 14.4 Å². The molecule has 1 heterocycles. The second kappa shape index (κ2) is 13.8. The summed E-state index contributed by atoms with van der Waals surface area (Å²) in [6.45, 7) is 3.07. The fourth-order valence-corrected chi connectivity index (χ4v) is 5.16. The third kappa shape index (κ3) is 7.77. The number of benzene rings is 3. The highest BCUT2D eigenvalue weighted by Gasteiger charge is 2.27. The van der Waals surface area contributed by atoms with E-state index in [4.69, 9.17) is 39.4 Å². The van der Waals surface area contributed by atoms with Gasteiger partial charge in [-0.15, -0.1) is 0 Å². The van der Waals surface area contributed by atoms with Gasteiger partial charge >= 0.3 is 0 Å². The third-order valence-corrected chi connectivity index (χ3v) is 7.87. The van der Waals surface area contributed by atoms with E-state index < -0.39 is 11.8 Å². The Hall–Kier alpha value is -3.63. The lowest BCUT2D eigenvalue weighted by Crippen LogP contribution is -2.47. The number of ether oxygens (including phenoxy) is 1. The third-order valence-electron chi connectivity index (χ3n) is 7.14. The van der Waals surface area contributed by atoms with Crippen molar-refractivity contribution in [1.29, 1.82) is 0 Å². The number of nitrogens with two attached hydrogens (primary N) is 2. The van der Waals surface area contributed by atoms with Crippen LogP contribution in [0.4, 0.5) is 5.69 Å². The number of amides is 3. The Balaban J connectivity index is 1.61. The van der Waals surface area contributed by atoms with Crippen molar-refractivity contribution in [3.05, 3.63) is 87.9 Å². The van der Waals surface area contributed by atoms with Crippen LogP contribution in [-0.2, 0) is 14.3 Å². The molecule has 4 rings (SSSR count). The molecule has 3 aromatic carbocycles. The summed E-state index contributed by atoms with van der Waals surface area (Å²) in [7, 11) is 1.75. The van der Waals surface area contributed by atoms with E-state index in [-0.39, 0.29) is 25.0 Å². The van der Waals surface area contributed by atoms with Crippen LogP contribution < -0.4 is 16.4 Å². The van der Waals surface area contributed by atoms with E-state index in [0.29, 0.717) is 41.1 Å². The van der Waals surface area contributed by atoms with Crippen LogP contribution in [0.25, 0.3) is 11.1 Å². The second-order valence-corrected chi connectivity index (χ2v) is 10.7. The van der Waals surface area contributed by atoms with Crippen molar-refractivity contribution >= 4 is 46.6 Å². The van der Waals surface area contributed by atoms with Crippen LogP contribution in [-0.4, -0.2) is 80.5 Å². The number of hydrogen-bond donors (Lipinski definition) is 2. The first-order valence-corrected chi connectivity index (χ1v) is 13.9. The number of halogens is 2. The normalized spacial score (nSPS) is 14.3. The van der Waals surface area contributed by atoms with Crippen LogP contribution in [0.3, 0.4) is 0 Å². The van der Waals surface area contributed by atoms with Gasteiger partial charge in [0.25, 0.3) is 0 Å². The molecule has 1 unspecified atom stereocenters. The fourth-order valence-electron chi connectivity index (χ4n) is 4.87. The van der Waals surface area contributed by atoms with Gasteiger partial charge < -0.3 is 26.0 Å². The van der Waals surface area contributed by atoms with Crippen molar-refractivity contribution in [3.63, 3.8) is 0 Å². The summed E-state index contributed by atoms with van der Waals surface area (Å²) in [5.74, 6) is -1.29. The smallest absolute Gasteiger partial charge is 0.249 e. The summed E-state index contributed by atoms with van der Waals surface area (Å²) in [5.41, 5.74) is 14.6. The van der Waals surface area contributed by atoms with Gasteiger partial charge in [-0.25, -0.2) is 0 Å². The monoisotopic (exact) mass is 597 g/mol. The number of carbonyl (C=O) groups excluding carboxylic acids is 3. The number of hydrogen-bond acceptors (Lipinski definition) is 6. The molecule has 4 N–H and O–H groups in total. The Morgan fingerprint density at radius 1 is 0.927 bits per heavy atom. The molecule has 1 atom stereocenters. The minimum absolute atomic E-state index is 0.0961. The molecule has 1 fully saturated rings. The number of primary amides is 2. The molecular weight excluding hydrogens is 565 g/mol. The molecule has 3 aromatic rings. The van der Waals surface area contributed by atoms with Gasteiger partial charge in [-0.1, -0.05) is 65.7 Å². The maximum absolute atomic E-state index is 13.7. The first-order valence-electron chi connectivity index (χ1n) is 13.2. The van der Waals surface area contributed by atoms with E-state index in [2.05, 4.69) is 4.90 Å². The predicted molar refractivity (Wildman–Crippen MR) is 161 cm³/mol. The molecule has 0 bridgehead atoms. The molecule has 1 aliphatic heterocycles. The lowest BCUT2D eigenvalue weighted by molar-refractivity contribution is -0.131. The number of carbonyl (C=O) groups is 3. The molecule has 0 aromatic heterocycles. The number of morpholine rings is 1. The zero-order valence-corrected chi connectivity index (χ0v) is 24.3. The maximum Gasteiger partial charge on any atom is 0.249 e. The van der Waals surface area contributed by atoms with Crippen molar-refractivity contribution in [2.75, 3.05) is 57.9 Å². The first-order chi connectivity index (χ1) is 19.6. The summed E-state index contributed by atoms with van der Waals surface area (Å²) in [4.78, 5) is 43.1. The van der Waals surface area contributed by atoms with Gasteiger partial charge in [0.2, 0.25) is 17.7 Å². The Morgan fingerprint density at radius 2 is 1.61 bits per heavy atom. The highest BCUT2D eigenvalue weighted by Crippen LogP contribution is 2.30. The van der Waals surface area contributed by atoms with Crippen LogP contribution in [0.5, 0.6) is 0 Å². The predicted octanol–water partition coefficient (Wildman–Crippen LogP) is 3.58. The van der Waals surface area contributed by atoms with Crippen molar-refractivity contribution in [3.8, 4) is 11.1 Å². The fraction of sp³-hybridized carbons (Fsp3) is 0.300. The lowest BCUT2D eigenvalue weighted by atomic mass is 9.96. The molecule has 41 heavy (non-hydrogen) atoms. The SMILES string of the molecule is CN(C(=O)CN(CC(N)=O)c1ccc(Cl)c(Cl)c1)C(CN1CCOCC1)c1ccc(-c2ccccc2C(N)=O)cc1. The maximum atomic E-state index is 13.7. The van der Waals surface area contributed by atoms with Crippen molar-refractivity contribution < 1.29 is 19.1 Å². The van der Waals surface area contributed by atoms with Crippen molar-refractivity contribution in [2.24, 2.45) is 11.5 Å². The molecule has 0 spiro atoms. The van der Waals surface area contributed by atoms with Gasteiger partial charge in [-0.05, 0) is 41.0 Å².